The maximum Gasteiger partial charge on any atom is 0.0553 e. The van der Waals surface area contributed by atoms with Gasteiger partial charge in [-0.05, 0) is 29.5 Å². The highest BCUT2D eigenvalue weighted by molar-refractivity contribution is 5.80. The lowest BCUT2D eigenvalue weighted by molar-refractivity contribution is 0.161. The van der Waals surface area contributed by atoms with E-state index in [0.29, 0.717) is 0 Å². The third kappa shape index (κ3) is 2.83. The average Bonchev–Trinajstić information content (AvgIpc) is 3.27. The van der Waals surface area contributed by atoms with Crippen molar-refractivity contribution in [3.05, 3.63) is 77.9 Å². The second-order valence-corrected chi connectivity index (χ2v) is 5.59. The first kappa shape index (κ1) is 13.1. The minimum atomic E-state index is 0.246. The molecule has 1 nitrogen and oxygen atoms in total. The summed E-state index contributed by atoms with van der Waals surface area (Å²) in [4.78, 5) is 0. The van der Waals surface area contributed by atoms with Crippen LogP contribution >= 0.6 is 0 Å². The van der Waals surface area contributed by atoms with E-state index in [-0.39, 0.29) is 5.41 Å². The molecule has 1 aliphatic carbocycles. The van der Waals surface area contributed by atoms with E-state index in [0.717, 1.165) is 6.61 Å². The van der Waals surface area contributed by atoms with Crippen LogP contribution in [0, 0.1) is 5.41 Å². The van der Waals surface area contributed by atoms with Crippen LogP contribution in [0.4, 0.5) is 0 Å². The molecular weight excluding hydrogens is 244 g/mol. The molecule has 0 heterocycles. The Morgan fingerprint density at radius 3 is 1.85 bits per heavy atom. The lowest BCUT2D eigenvalue weighted by Crippen LogP contribution is -2.06. The van der Waals surface area contributed by atoms with Crippen molar-refractivity contribution in [2.45, 2.75) is 12.8 Å². The highest BCUT2D eigenvalue weighted by Gasteiger charge is 2.41. The molecule has 0 aromatic heterocycles. The summed E-state index contributed by atoms with van der Waals surface area (Å²) in [7, 11) is 1.79. The first-order valence-corrected chi connectivity index (χ1v) is 7.16. The monoisotopic (exact) mass is 264 g/mol. The van der Waals surface area contributed by atoms with E-state index in [1.165, 1.54) is 29.5 Å². The van der Waals surface area contributed by atoms with Crippen molar-refractivity contribution in [3.8, 4) is 0 Å². The molecule has 2 aromatic rings. The van der Waals surface area contributed by atoms with Gasteiger partial charge in [-0.3, -0.25) is 0 Å². The normalized spacial score (nSPS) is 15.7. The molecule has 0 unspecified atom stereocenters. The van der Waals surface area contributed by atoms with Crippen LogP contribution in [0.5, 0.6) is 0 Å². The van der Waals surface area contributed by atoms with Gasteiger partial charge < -0.3 is 4.74 Å². The summed E-state index contributed by atoms with van der Waals surface area (Å²) < 4.78 is 5.40. The number of ether oxygens (including phenoxy) is 1. The third-order valence-electron chi connectivity index (χ3n) is 3.94. The van der Waals surface area contributed by atoms with Gasteiger partial charge in [-0.1, -0.05) is 66.7 Å². The maximum atomic E-state index is 5.40. The molecule has 1 fully saturated rings. The Morgan fingerprint density at radius 2 is 1.45 bits per heavy atom. The van der Waals surface area contributed by atoms with Gasteiger partial charge in [0.2, 0.25) is 0 Å². The molecule has 0 radical (unpaired) electrons. The number of benzene rings is 2. The highest BCUT2D eigenvalue weighted by Crippen LogP contribution is 2.49. The van der Waals surface area contributed by atoms with Gasteiger partial charge in [0.25, 0.3) is 0 Å². The lowest BCUT2D eigenvalue weighted by atomic mass is 9.93. The van der Waals surface area contributed by atoms with Crippen molar-refractivity contribution in [3.63, 3.8) is 0 Å². The third-order valence-corrected chi connectivity index (χ3v) is 3.94. The molecule has 20 heavy (non-hydrogen) atoms. The van der Waals surface area contributed by atoms with Crippen LogP contribution in [0.3, 0.4) is 0 Å². The predicted octanol–water partition coefficient (Wildman–Crippen LogP) is 4.54. The van der Waals surface area contributed by atoms with Crippen molar-refractivity contribution in [1.29, 1.82) is 0 Å². The van der Waals surface area contributed by atoms with E-state index < -0.39 is 0 Å². The fourth-order valence-electron chi connectivity index (χ4n) is 2.65. The van der Waals surface area contributed by atoms with Crippen LogP contribution in [0.15, 0.2) is 66.7 Å². The van der Waals surface area contributed by atoms with E-state index in [2.05, 4.69) is 66.7 Å². The predicted molar refractivity (Wildman–Crippen MR) is 83.5 cm³/mol. The Bertz CT molecular complexity index is 538. The summed E-state index contributed by atoms with van der Waals surface area (Å²) in [6.07, 6.45) is 4.87. The summed E-state index contributed by atoms with van der Waals surface area (Å²) in [5, 5.41) is 0. The Hall–Kier alpha value is -1.86. The first-order valence-electron chi connectivity index (χ1n) is 7.16. The second-order valence-electron chi connectivity index (χ2n) is 5.59. The fourth-order valence-corrected chi connectivity index (χ4v) is 2.65. The summed E-state index contributed by atoms with van der Waals surface area (Å²) in [5.74, 6) is 0. The van der Waals surface area contributed by atoms with Gasteiger partial charge in [-0.2, -0.15) is 0 Å². The average molecular weight is 264 g/mol. The Labute approximate surface area is 120 Å². The minimum Gasteiger partial charge on any atom is -0.384 e. The zero-order valence-corrected chi connectivity index (χ0v) is 11.9. The van der Waals surface area contributed by atoms with Crippen LogP contribution in [0.2, 0.25) is 0 Å². The van der Waals surface area contributed by atoms with Crippen molar-refractivity contribution in [1.82, 2.24) is 0 Å². The van der Waals surface area contributed by atoms with E-state index in [4.69, 9.17) is 4.74 Å². The largest absolute Gasteiger partial charge is 0.384 e. The molecule has 0 bridgehead atoms. The number of methoxy groups -OCH3 is 1. The van der Waals surface area contributed by atoms with E-state index in [9.17, 15) is 0 Å². The lowest BCUT2D eigenvalue weighted by Gasteiger charge is -2.14. The summed E-state index contributed by atoms with van der Waals surface area (Å²) in [6, 6.07) is 21.3. The summed E-state index contributed by atoms with van der Waals surface area (Å²) in [6.45, 7) is 0.816. The topological polar surface area (TPSA) is 9.23 Å². The summed E-state index contributed by atoms with van der Waals surface area (Å²) >= 11 is 0. The standard InChI is InChI=1S/C19H20O/c1-20-15-19(12-13-19)14-18(16-8-4-2-5-9-16)17-10-6-3-7-11-17/h2-11,14H,12-13,15H2,1H3. The molecule has 0 spiro atoms. The van der Waals surface area contributed by atoms with E-state index in [1.54, 1.807) is 7.11 Å². The van der Waals surface area contributed by atoms with Crippen molar-refractivity contribution < 1.29 is 4.74 Å². The molecule has 0 N–H and O–H groups in total. The Balaban J connectivity index is 2.03. The number of rotatable bonds is 5. The van der Waals surface area contributed by atoms with E-state index in [1.807, 2.05) is 0 Å². The van der Waals surface area contributed by atoms with Gasteiger partial charge in [0.15, 0.2) is 0 Å². The molecule has 0 amide bonds. The molecule has 0 saturated heterocycles. The smallest absolute Gasteiger partial charge is 0.0553 e. The van der Waals surface area contributed by atoms with Gasteiger partial charge in [0.05, 0.1) is 6.61 Å². The molecule has 1 aliphatic rings. The highest BCUT2D eigenvalue weighted by atomic mass is 16.5. The minimum absolute atomic E-state index is 0.246. The Kier molecular flexibility index (Phi) is 3.70. The molecule has 1 heteroatoms. The van der Waals surface area contributed by atoms with Crippen molar-refractivity contribution >= 4 is 5.57 Å². The van der Waals surface area contributed by atoms with Gasteiger partial charge >= 0.3 is 0 Å². The van der Waals surface area contributed by atoms with Gasteiger partial charge in [0.1, 0.15) is 0 Å². The SMILES string of the molecule is COCC1(C=C(c2ccccc2)c2ccccc2)CC1. The van der Waals surface area contributed by atoms with Crippen molar-refractivity contribution in [2.75, 3.05) is 13.7 Å². The molecule has 102 valence electrons. The zero-order chi connectivity index (χ0) is 13.8. The summed E-state index contributed by atoms with van der Waals surface area (Å²) in [5.41, 5.74) is 4.12. The molecule has 0 aliphatic heterocycles. The number of hydrogen-bond donors (Lipinski definition) is 0. The first-order chi connectivity index (χ1) is 9.83. The molecule has 2 aromatic carbocycles. The van der Waals surface area contributed by atoms with Crippen LogP contribution in [0.1, 0.15) is 24.0 Å². The maximum absolute atomic E-state index is 5.40. The van der Waals surface area contributed by atoms with Gasteiger partial charge in [0, 0.05) is 12.5 Å². The molecule has 0 atom stereocenters. The quantitative estimate of drug-likeness (QED) is 0.770. The van der Waals surface area contributed by atoms with Crippen LogP contribution < -0.4 is 0 Å². The van der Waals surface area contributed by atoms with Gasteiger partial charge in [-0.25, -0.2) is 0 Å². The second kappa shape index (κ2) is 5.64. The van der Waals surface area contributed by atoms with Gasteiger partial charge in [-0.15, -0.1) is 0 Å². The van der Waals surface area contributed by atoms with Crippen molar-refractivity contribution in [2.24, 2.45) is 5.41 Å². The molecule has 1 saturated carbocycles. The van der Waals surface area contributed by atoms with Crippen LogP contribution in [-0.4, -0.2) is 13.7 Å². The fraction of sp³-hybridized carbons (Fsp3) is 0.263. The zero-order valence-electron chi connectivity index (χ0n) is 11.9. The molecule has 3 rings (SSSR count). The van der Waals surface area contributed by atoms with Crippen LogP contribution in [0.25, 0.3) is 5.57 Å². The number of hydrogen-bond acceptors (Lipinski definition) is 1. The molecular formula is C19H20O. The Morgan fingerprint density at radius 1 is 0.950 bits per heavy atom. The van der Waals surface area contributed by atoms with E-state index >= 15 is 0 Å². The van der Waals surface area contributed by atoms with Crippen LogP contribution in [-0.2, 0) is 4.74 Å².